The number of nitrogens with zero attached hydrogens (tertiary/aromatic N) is 2. The monoisotopic (exact) mass is 277 g/mol. The van der Waals surface area contributed by atoms with Crippen molar-refractivity contribution in [2.75, 3.05) is 26.3 Å². The standard InChI is InChI=1S/C9H12ClN3O3S/c10-9-8(2-1-3-11-9)17(14,15)12-13-4-6-16-7-5-13/h1-3,12H,4-7H2. The molecule has 1 aromatic rings. The molecule has 0 unspecified atom stereocenters. The third kappa shape index (κ3) is 3.14. The molecule has 17 heavy (non-hydrogen) atoms. The zero-order chi connectivity index (χ0) is 12.3. The highest BCUT2D eigenvalue weighted by Gasteiger charge is 2.22. The Kier molecular flexibility index (Phi) is 3.95. The number of morpholine rings is 1. The third-order valence-electron chi connectivity index (χ3n) is 2.27. The van der Waals surface area contributed by atoms with Crippen LogP contribution < -0.4 is 4.83 Å². The Hall–Kier alpha value is -0.730. The topological polar surface area (TPSA) is 71.5 Å². The number of aromatic nitrogens is 1. The summed E-state index contributed by atoms with van der Waals surface area (Å²) in [7, 11) is -3.66. The van der Waals surface area contributed by atoms with Crippen molar-refractivity contribution < 1.29 is 13.2 Å². The SMILES string of the molecule is O=S(=O)(NN1CCOCC1)c1cccnc1Cl. The van der Waals surface area contributed by atoms with Crippen LogP contribution in [0.3, 0.4) is 0 Å². The van der Waals surface area contributed by atoms with Crippen molar-refractivity contribution in [3.63, 3.8) is 0 Å². The molecule has 1 aliphatic rings. The van der Waals surface area contributed by atoms with Gasteiger partial charge in [0.1, 0.15) is 10.0 Å². The van der Waals surface area contributed by atoms with Crippen molar-refractivity contribution in [3.8, 4) is 0 Å². The Labute approximate surface area is 105 Å². The van der Waals surface area contributed by atoms with E-state index in [9.17, 15) is 8.42 Å². The van der Waals surface area contributed by atoms with Crippen LogP contribution >= 0.6 is 11.6 Å². The van der Waals surface area contributed by atoms with Crippen LogP contribution in [0.1, 0.15) is 0 Å². The number of hydrogen-bond donors (Lipinski definition) is 1. The van der Waals surface area contributed by atoms with Crippen molar-refractivity contribution in [2.45, 2.75) is 4.90 Å². The molecule has 1 N–H and O–H groups in total. The minimum Gasteiger partial charge on any atom is -0.379 e. The average Bonchev–Trinajstić information content (AvgIpc) is 2.30. The fraction of sp³-hybridized carbons (Fsp3) is 0.444. The summed E-state index contributed by atoms with van der Waals surface area (Å²) in [6.45, 7) is 2.03. The number of ether oxygens (including phenoxy) is 1. The van der Waals surface area contributed by atoms with Crippen molar-refractivity contribution in [1.29, 1.82) is 0 Å². The molecule has 94 valence electrons. The summed E-state index contributed by atoms with van der Waals surface area (Å²) in [5.41, 5.74) is 0. The molecule has 0 amide bonds. The molecular formula is C9H12ClN3O3S. The van der Waals surface area contributed by atoms with Crippen molar-refractivity contribution in [3.05, 3.63) is 23.5 Å². The van der Waals surface area contributed by atoms with Crippen LogP contribution in [0.15, 0.2) is 23.2 Å². The van der Waals surface area contributed by atoms with Gasteiger partial charge in [0, 0.05) is 19.3 Å². The van der Waals surface area contributed by atoms with Gasteiger partial charge in [0.2, 0.25) is 0 Å². The summed E-state index contributed by atoms with van der Waals surface area (Å²) < 4.78 is 29.1. The molecule has 8 heteroatoms. The molecule has 1 aromatic heterocycles. The lowest BCUT2D eigenvalue weighted by molar-refractivity contribution is 0.0272. The maximum Gasteiger partial charge on any atom is 0.256 e. The molecule has 1 fully saturated rings. The minimum atomic E-state index is -3.66. The van der Waals surface area contributed by atoms with E-state index in [0.29, 0.717) is 26.3 Å². The highest BCUT2D eigenvalue weighted by atomic mass is 35.5. The maximum absolute atomic E-state index is 12.0. The van der Waals surface area contributed by atoms with Crippen molar-refractivity contribution in [2.24, 2.45) is 0 Å². The van der Waals surface area contributed by atoms with E-state index in [2.05, 4.69) is 9.82 Å². The van der Waals surface area contributed by atoms with Crippen molar-refractivity contribution in [1.82, 2.24) is 14.8 Å². The zero-order valence-corrected chi connectivity index (χ0v) is 10.5. The van der Waals surface area contributed by atoms with Crippen LogP contribution in [0.4, 0.5) is 0 Å². The summed E-state index contributed by atoms with van der Waals surface area (Å²) in [5, 5.41) is 1.55. The molecule has 6 nitrogen and oxygen atoms in total. The second-order valence-corrected chi connectivity index (χ2v) is 5.47. The van der Waals surface area contributed by atoms with E-state index in [1.165, 1.54) is 18.3 Å². The van der Waals surface area contributed by atoms with Crippen LogP contribution in [0.2, 0.25) is 5.15 Å². The van der Waals surface area contributed by atoms with Crippen LogP contribution in [-0.2, 0) is 14.8 Å². The lowest BCUT2D eigenvalue weighted by atomic mass is 10.5. The second-order valence-electron chi connectivity index (χ2n) is 3.49. The first-order valence-electron chi connectivity index (χ1n) is 5.05. The summed E-state index contributed by atoms with van der Waals surface area (Å²) in [6.07, 6.45) is 1.44. The Morgan fingerprint density at radius 3 is 2.76 bits per heavy atom. The van der Waals surface area contributed by atoms with Crippen LogP contribution in [0.5, 0.6) is 0 Å². The maximum atomic E-state index is 12.0. The molecule has 0 radical (unpaired) electrons. The summed E-state index contributed by atoms with van der Waals surface area (Å²) in [4.78, 5) is 6.17. The molecule has 2 heterocycles. The van der Waals surface area contributed by atoms with E-state index in [-0.39, 0.29) is 10.0 Å². The number of hydrogen-bond acceptors (Lipinski definition) is 5. The Bertz CT molecular complexity index is 488. The first-order chi connectivity index (χ1) is 8.09. The smallest absolute Gasteiger partial charge is 0.256 e. The normalized spacial score (nSPS) is 18.2. The highest BCUT2D eigenvalue weighted by molar-refractivity contribution is 7.89. The van der Waals surface area contributed by atoms with E-state index < -0.39 is 10.0 Å². The predicted octanol–water partition coefficient (Wildman–Crippen LogP) is 0.261. The number of pyridine rings is 1. The van der Waals surface area contributed by atoms with Gasteiger partial charge < -0.3 is 4.74 Å². The largest absolute Gasteiger partial charge is 0.379 e. The summed E-state index contributed by atoms with van der Waals surface area (Å²) in [5.74, 6) is 0. The summed E-state index contributed by atoms with van der Waals surface area (Å²) >= 11 is 5.75. The van der Waals surface area contributed by atoms with Gasteiger partial charge in [0.15, 0.2) is 0 Å². The number of nitrogens with one attached hydrogen (secondary N) is 1. The molecule has 0 spiro atoms. The quantitative estimate of drug-likeness (QED) is 0.803. The summed E-state index contributed by atoms with van der Waals surface area (Å²) in [6, 6.07) is 2.94. The molecule has 1 saturated heterocycles. The van der Waals surface area contributed by atoms with E-state index in [1.807, 2.05) is 0 Å². The Morgan fingerprint density at radius 2 is 2.12 bits per heavy atom. The lowest BCUT2D eigenvalue weighted by Gasteiger charge is -2.26. The first kappa shape index (κ1) is 12.7. The van der Waals surface area contributed by atoms with E-state index in [4.69, 9.17) is 16.3 Å². The molecule has 0 saturated carbocycles. The van der Waals surface area contributed by atoms with Crippen LogP contribution in [0, 0.1) is 0 Å². The molecule has 1 aliphatic heterocycles. The van der Waals surface area contributed by atoms with Gasteiger partial charge in [0.25, 0.3) is 10.0 Å². The second kappa shape index (κ2) is 5.28. The van der Waals surface area contributed by atoms with E-state index in [0.717, 1.165) is 0 Å². The Morgan fingerprint density at radius 1 is 1.41 bits per heavy atom. The zero-order valence-electron chi connectivity index (χ0n) is 8.97. The van der Waals surface area contributed by atoms with Crippen LogP contribution in [0.25, 0.3) is 0 Å². The average molecular weight is 278 g/mol. The predicted molar refractivity (Wildman–Crippen MR) is 62.0 cm³/mol. The van der Waals surface area contributed by atoms with Crippen molar-refractivity contribution >= 4 is 21.6 Å². The molecule has 0 aromatic carbocycles. The van der Waals surface area contributed by atoms with Gasteiger partial charge in [-0.2, -0.15) is 0 Å². The van der Waals surface area contributed by atoms with Gasteiger partial charge >= 0.3 is 0 Å². The number of sulfonamides is 1. The van der Waals surface area contributed by atoms with E-state index in [1.54, 1.807) is 5.01 Å². The van der Waals surface area contributed by atoms with E-state index >= 15 is 0 Å². The van der Waals surface area contributed by atoms with Crippen LogP contribution in [-0.4, -0.2) is 44.7 Å². The molecule has 0 bridgehead atoms. The third-order valence-corrected chi connectivity index (χ3v) is 4.10. The van der Waals surface area contributed by atoms with Gasteiger partial charge in [-0.3, -0.25) is 0 Å². The highest BCUT2D eigenvalue weighted by Crippen LogP contribution is 2.17. The number of hydrazine groups is 1. The fourth-order valence-electron chi connectivity index (χ4n) is 1.45. The molecule has 0 atom stereocenters. The lowest BCUT2D eigenvalue weighted by Crippen LogP contribution is -2.48. The molecule has 2 rings (SSSR count). The number of halogens is 1. The Balaban J connectivity index is 2.16. The molecule has 0 aliphatic carbocycles. The minimum absolute atomic E-state index is 0.0202. The fourth-order valence-corrected chi connectivity index (χ4v) is 3.02. The number of rotatable bonds is 3. The van der Waals surface area contributed by atoms with Gasteiger partial charge in [-0.25, -0.2) is 18.4 Å². The van der Waals surface area contributed by atoms with Gasteiger partial charge in [-0.1, -0.05) is 11.6 Å². The van der Waals surface area contributed by atoms with Gasteiger partial charge in [-0.05, 0) is 12.1 Å². The first-order valence-corrected chi connectivity index (χ1v) is 6.91. The van der Waals surface area contributed by atoms with Gasteiger partial charge in [-0.15, -0.1) is 4.83 Å². The van der Waals surface area contributed by atoms with Gasteiger partial charge in [0.05, 0.1) is 13.2 Å². The molecular weight excluding hydrogens is 266 g/mol.